The lowest BCUT2D eigenvalue weighted by molar-refractivity contribution is 0.0697. The highest BCUT2D eigenvalue weighted by molar-refractivity contribution is 5.87. The van der Waals surface area contributed by atoms with Crippen LogP contribution in [0.3, 0.4) is 0 Å². The quantitative estimate of drug-likeness (QED) is 0.745. The number of carboxylic acid groups (broad SMARTS) is 1. The predicted molar refractivity (Wildman–Crippen MR) is 47.9 cm³/mol. The maximum atomic E-state index is 10.2. The van der Waals surface area contributed by atoms with Gasteiger partial charge in [-0.05, 0) is 12.1 Å². The first-order chi connectivity index (χ1) is 4.30. The Kier molecular flexibility index (Phi) is 7.05. The van der Waals surface area contributed by atoms with Gasteiger partial charge < -0.3 is 5.11 Å². The van der Waals surface area contributed by atoms with Crippen molar-refractivity contribution in [1.82, 2.24) is 0 Å². The van der Waals surface area contributed by atoms with E-state index in [-0.39, 0.29) is 24.8 Å². The van der Waals surface area contributed by atoms with E-state index in [0.29, 0.717) is 5.56 Å². The summed E-state index contributed by atoms with van der Waals surface area (Å²) in [4.78, 5) is 10.2. The van der Waals surface area contributed by atoms with Crippen LogP contribution in [0.15, 0.2) is 30.3 Å². The Balaban J connectivity index is 0. The maximum absolute atomic E-state index is 10.2. The number of benzene rings is 1. The summed E-state index contributed by atoms with van der Waals surface area (Å²) >= 11 is 0. The number of aromatic carboxylic acids is 1. The molecule has 62 valence electrons. The molecule has 11 heavy (non-hydrogen) atoms. The fraction of sp³-hybridized carbons (Fsp3) is 0. The molecule has 2 nitrogen and oxygen atoms in total. The van der Waals surface area contributed by atoms with Gasteiger partial charge in [0.1, 0.15) is 0 Å². The summed E-state index contributed by atoms with van der Waals surface area (Å²) in [5, 5.41) is 8.38. The zero-order valence-corrected chi connectivity index (χ0v) is 7.19. The summed E-state index contributed by atoms with van der Waals surface area (Å²) in [5.74, 6) is -0.879. The lowest BCUT2D eigenvalue weighted by Gasteiger charge is -1.88. The molecule has 0 aromatic heterocycles. The largest absolute Gasteiger partial charge is 0.478 e. The van der Waals surface area contributed by atoms with Crippen LogP contribution < -0.4 is 0 Å². The van der Waals surface area contributed by atoms with Gasteiger partial charge in [-0.1, -0.05) is 18.2 Å². The van der Waals surface area contributed by atoms with E-state index in [1.54, 1.807) is 30.3 Å². The Labute approximate surface area is 77.1 Å². The number of carboxylic acids is 1. The van der Waals surface area contributed by atoms with E-state index < -0.39 is 5.97 Å². The molecule has 0 aliphatic carbocycles. The van der Waals surface area contributed by atoms with E-state index in [9.17, 15) is 4.79 Å². The van der Waals surface area contributed by atoms with Gasteiger partial charge in [0.15, 0.2) is 0 Å². The van der Waals surface area contributed by atoms with Gasteiger partial charge >= 0.3 is 5.97 Å². The Hall–Kier alpha value is -0.730. The second kappa shape index (κ2) is 6.01. The third-order valence-electron chi connectivity index (χ3n) is 1.02. The molecule has 0 aliphatic rings. The average Bonchev–Trinajstić information content (AvgIpc) is 1.90. The van der Waals surface area contributed by atoms with Crippen molar-refractivity contribution >= 4 is 30.8 Å². The normalized spacial score (nSPS) is 7.27. The topological polar surface area (TPSA) is 37.3 Å². The Morgan fingerprint density at radius 3 is 1.82 bits per heavy atom. The molecule has 0 heterocycles. The van der Waals surface area contributed by atoms with Gasteiger partial charge in [0, 0.05) is 0 Å². The van der Waals surface area contributed by atoms with E-state index in [2.05, 4.69) is 0 Å². The molecule has 0 bridgehead atoms. The second-order valence-corrected chi connectivity index (χ2v) is 1.67. The first kappa shape index (κ1) is 12.9. The maximum Gasteiger partial charge on any atom is 0.335 e. The number of hydrogen-bond acceptors (Lipinski definition) is 1. The van der Waals surface area contributed by atoms with Gasteiger partial charge in [-0.25, -0.2) is 4.79 Å². The van der Waals surface area contributed by atoms with Gasteiger partial charge in [-0.2, -0.15) is 0 Å². The van der Waals surface area contributed by atoms with E-state index >= 15 is 0 Å². The molecule has 0 fully saturated rings. The smallest absolute Gasteiger partial charge is 0.335 e. The molecule has 1 aromatic rings. The molecule has 0 unspecified atom stereocenters. The van der Waals surface area contributed by atoms with Crippen LogP contribution in [-0.4, -0.2) is 11.1 Å². The molecular formula is C7H8Cl2O2. The van der Waals surface area contributed by atoms with Crippen molar-refractivity contribution in [1.29, 1.82) is 0 Å². The van der Waals surface area contributed by atoms with E-state index in [1.165, 1.54) is 0 Å². The molecule has 0 atom stereocenters. The third-order valence-corrected chi connectivity index (χ3v) is 1.02. The standard InChI is InChI=1S/C7H6O2.2ClH/c8-7(9)6-4-2-1-3-5-6;;/h1-5H,(H,8,9);2*1H. The summed E-state index contributed by atoms with van der Waals surface area (Å²) in [6.07, 6.45) is 0. The molecule has 1 N–H and O–H groups in total. The predicted octanol–water partition coefficient (Wildman–Crippen LogP) is 2.23. The minimum atomic E-state index is -0.879. The fourth-order valence-electron chi connectivity index (χ4n) is 0.581. The van der Waals surface area contributed by atoms with Crippen molar-refractivity contribution in [3.63, 3.8) is 0 Å². The van der Waals surface area contributed by atoms with Gasteiger partial charge in [0.25, 0.3) is 0 Å². The van der Waals surface area contributed by atoms with Gasteiger partial charge in [-0.15, -0.1) is 24.8 Å². The summed E-state index contributed by atoms with van der Waals surface area (Å²) in [6.45, 7) is 0. The number of rotatable bonds is 1. The van der Waals surface area contributed by atoms with Crippen molar-refractivity contribution in [3.05, 3.63) is 35.9 Å². The highest BCUT2D eigenvalue weighted by Crippen LogP contribution is 1.96. The van der Waals surface area contributed by atoms with Crippen LogP contribution in [0.5, 0.6) is 0 Å². The molecule has 0 radical (unpaired) electrons. The monoisotopic (exact) mass is 194 g/mol. The lowest BCUT2D eigenvalue weighted by Crippen LogP contribution is -1.93. The Bertz CT molecular complexity index is 211. The van der Waals surface area contributed by atoms with E-state index in [4.69, 9.17) is 5.11 Å². The summed E-state index contributed by atoms with van der Waals surface area (Å²) in [7, 11) is 0. The first-order valence-corrected chi connectivity index (χ1v) is 2.59. The highest BCUT2D eigenvalue weighted by atomic mass is 35.5. The van der Waals surface area contributed by atoms with Crippen LogP contribution in [0.4, 0.5) is 0 Å². The Morgan fingerprint density at radius 1 is 1.09 bits per heavy atom. The van der Waals surface area contributed by atoms with Crippen LogP contribution in [0.2, 0.25) is 0 Å². The molecule has 0 amide bonds. The average molecular weight is 195 g/mol. The second-order valence-electron chi connectivity index (χ2n) is 1.67. The van der Waals surface area contributed by atoms with Crippen LogP contribution in [0.25, 0.3) is 0 Å². The summed E-state index contributed by atoms with van der Waals surface area (Å²) < 4.78 is 0. The van der Waals surface area contributed by atoms with Gasteiger partial charge in [-0.3, -0.25) is 0 Å². The zero-order valence-electron chi connectivity index (χ0n) is 5.56. The van der Waals surface area contributed by atoms with Crippen molar-refractivity contribution in [2.45, 2.75) is 0 Å². The lowest BCUT2D eigenvalue weighted by atomic mass is 10.2. The molecule has 0 saturated carbocycles. The van der Waals surface area contributed by atoms with Crippen LogP contribution >= 0.6 is 24.8 Å². The number of halogens is 2. The zero-order chi connectivity index (χ0) is 6.69. The molecule has 1 aromatic carbocycles. The molecule has 0 saturated heterocycles. The molecule has 4 heteroatoms. The highest BCUT2D eigenvalue weighted by Gasteiger charge is 1.96. The number of carbonyl (C=O) groups is 1. The minimum Gasteiger partial charge on any atom is -0.478 e. The van der Waals surface area contributed by atoms with Crippen molar-refractivity contribution < 1.29 is 9.90 Å². The molecule has 0 spiro atoms. The van der Waals surface area contributed by atoms with E-state index in [1.807, 2.05) is 0 Å². The first-order valence-electron chi connectivity index (χ1n) is 2.59. The third kappa shape index (κ3) is 3.86. The van der Waals surface area contributed by atoms with Crippen LogP contribution in [0.1, 0.15) is 10.4 Å². The van der Waals surface area contributed by atoms with E-state index in [0.717, 1.165) is 0 Å². The van der Waals surface area contributed by atoms with Gasteiger partial charge in [0.2, 0.25) is 0 Å². The molecule has 0 aliphatic heterocycles. The SMILES string of the molecule is Cl.Cl.O=C(O)c1ccccc1. The summed E-state index contributed by atoms with van der Waals surface area (Å²) in [5.41, 5.74) is 0.331. The van der Waals surface area contributed by atoms with Crippen molar-refractivity contribution in [2.75, 3.05) is 0 Å². The van der Waals surface area contributed by atoms with Crippen molar-refractivity contribution in [3.8, 4) is 0 Å². The number of hydrogen-bond donors (Lipinski definition) is 1. The van der Waals surface area contributed by atoms with Crippen molar-refractivity contribution in [2.24, 2.45) is 0 Å². The molecule has 1 rings (SSSR count). The summed E-state index contributed by atoms with van der Waals surface area (Å²) in [6, 6.07) is 8.30. The molecular weight excluding hydrogens is 187 g/mol. The minimum absolute atomic E-state index is 0. The van der Waals surface area contributed by atoms with Gasteiger partial charge in [0.05, 0.1) is 5.56 Å². The Morgan fingerprint density at radius 2 is 1.55 bits per heavy atom. The van der Waals surface area contributed by atoms with Crippen LogP contribution in [0, 0.1) is 0 Å². The van der Waals surface area contributed by atoms with Crippen LogP contribution in [-0.2, 0) is 0 Å². The fourth-order valence-corrected chi connectivity index (χ4v) is 0.581.